The van der Waals surface area contributed by atoms with Crippen molar-refractivity contribution < 1.29 is 8.42 Å². The molecule has 0 radical (unpaired) electrons. The van der Waals surface area contributed by atoms with Crippen LogP contribution in [-0.4, -0.2) is 86.4 Å². The number of likely N-dealkylation sites (N-methyl/N-ethyl adjacent to an activating group) is 1. The molecule has 0 aliphatic carbocycles. The van der Waals surface area contributed by atoms with Gasteiger partial charge >= 0.3 is 0 Å². The summed E-state index contributed by atoms with van der Waals surface area (Å²) in [6.45, 7) is 16.8. The van der Waals surface area contributed by atoms with Gasteiger partial charge in [-0.3, -0.25) is 4.90 Å². The van der Waals surface area contributed by atoms with E-state index in [1.807, 2.05) is 19.2 Å². The predicted octanol–water partition coefficient (Wildman–Crippen LogP) is 2.13. The highest BCUT2D eigenvalue weighted by Crippen LogP contribution is 2.18. The zero-order valence-corrected chi connectivity index (χ0v) is 18.7. The minimum Gasteiger partial charge on any atom is -0.368 e. The molecule has 1 aliphatic heterocycles. The maximum atomic E-state index is 12.8. The number of hydrogen-bond acceptors (Lipinski definition) is 6. The fraction of sp³-hybridized carbons (Fsp3) is 0.571. The van der Waals surface area contributed by atoms with Crippen LogP contribution in [0.1, 0.15) is 13.8 Å². The normalized spacial score (nSPS) is 17.4. The molecule has 1 unspecified atom stereocenters. The molecule has 2 heterocycles. The lowest BCUT2D eigenvalue weighted by Crippen LogP contribution is -2.47. The number of hydrogen-bond donors (Lipinski definition) is 1. The lowest BCUT2D eigenvalue weighted by molar-refractivity contribution is 0.199. The van der Waals surface area contributed by atoms with Crippen LogP contribution in [0, 0.1) is 5.92 Å². The average Bonchev–Trinajstić information content (AvgIpc) is 2.69. The molecule has 7 nitrogen and oxygen atoms in total. The van der Waals surface area contributed by atoms with Gasteiger partial charge in [-0.1, -0.05) is 26.0 Å². The first-order chi connectivity index (χ1) is 13.8. The van der Waals surface area contributed by atoms with Crippen molar-refractivity contribution in [2.24, 2.45) is 5.92 Å². The summed E-state index contributed by atoms with van der Waals surface area (Å²) in [5.41, 5.74) is 0. The van der Waals surface area contributed by atoms with Gasteiger partial charge in [0, 0.05) is 58.1 Å². The van der Waals surface area contributed by atoms with E-state index in [2.05, 4.69) is 47.1 Å². The molecule has 1 aromatic heterocycles. The topological polar surface area (TPSA) is 68.8 Å². The number of piperazine rings is 1. The first kappa shape index (κ1) is 23.5. The maximum Gasteiger partial charge on any atom is 0.244 e. The molecule has 0 aromatic carbocycles. The zero-order chi connectivity index (χ0) is 21.4. The van der Waals surface area contributed by atoms with Crippen LogP contribution in [0.5, 0.6) is 0 Å². The number of rotatable bonds is 11. The molecule has 1 atom stereocenters. The number of aromatic nitrogens is 1. The van der Waals surface area contributed by atoms with Crippen molar-refractivity contribution in [2.75, 3.05) is 58.2 Å². The molecule has 162 valence electrons. The van der Waals surface area contributed by atoms with Crippen LogP contribution < -0.4 is 5.32 Å². The SMILES string of the molecule is C=CCN(CC=C)C(CNc1ccc(S(=O)(=O)N2CCN(C)CC2)cn1)C(C)C. The second-order valence-corrected chi connectivity index (χ2v) is 9.75. The smallest absolute Gasteiger partial charge is 0.244 e. The molecular weight excluding hydrogens is 386 g/mol. The third-order valence-electron chi connectivity index (χ3n) is 5.29. The lowest BCUT2D eigenvalue weighted by Gasteiger charge is -2.33. The predicted molar refractivity (Wildman–Crippen MR) is 120 cm³/mol. The van der Waals surface area contributed by atoms with Gasteiger partial charge in [-0.05, 0) is 25.1 Å². The largest absolute Gasteiger partial charge is 0.368 e. The summed E-state index contributed by atoms with van der Waals surface area (Å²) in [6.07, 6.45) is 5.25. The summed E-state index contributed by atoms with van der Waals surface area (Å²) >= 11 is 0. The van der Waals surface area contributed by atoms with Crippen LogP contribution in [0.25, 0.3) is 0 Å². The summed E-state index contributed by atoms with van der Waals surface area (Å²) in [7, 11) is -1.49. The van der Waals surface area contributed by atoms with Gasteiger partial charge in [0.2, 0.25) is 10.0 Å². The molecule has 1 aromatic rings. The van der Waals surface area contributed by atoms with Gasteiger partial charge in [0.1, 0.15) is 10.7 Å². The first-order valence-electron chi connectivity index (χ1n) is 10.1. The van der Waals surface area contributed by atoms with E-state index in [-0.39, 0.29) is 10.9 Å². The zero-order valence-electron chi connectivity index (χ0n) is 17.9. The number of pyridine rings is 1. The van der Waals surface area contributed by atoms with Crippen LogP contribution in [0.3, 0.4) is 0 Å². The number of anilines is 1. The Bertz CT molecular complexity index is 746. The van der Waals surface area contributed by atoms with Crippen molar-refractivity contribution in [3.05, 3.63) is 43.6 Å². The first-order valence-corrected chi connectivity index (χ1v) is 11.6. The van der Waals surface area contributed by atoms with Crippen molar-refractivity contribution >= 4 is 15.8 Å². The van der Waals surface area contributed by atoms with Crippen LogP contribution in [0.2, 0.25) is 0 Å². The second-order valence-electron chi connectivity index (χ2n) is 7.81. The molecule has 1 N–H and O–H groups in total. The lowest BCUT2D eigenvalue weighted by atomic mass is 10.0. The van der Waals surface area contributed by atoms with Crippen molar-refractivity contribution in [1.29, 1.82) is 0 Å². The van der Waals surface area contributed by atoms with Gasteiger partial charge in [0.15, 0.2) is 0 Å². The minimum absolute atomic E-state index is 0.243. The van der Waals surface area contributed by atoms with Crippen molar-refractivity contribution in [2.45, 2.75) is 24.8 Å². The standard InChI is InChI=1S/C21H35N5O2S/c1-6-10-25(11-7-2)20(18(3)4)17-23-21-9-8-19(16-22-21)29(27,28)26-14-12-24(5)13-15-26/h6-9,16,18,20H,1-2,10-15,17H2,3-5H3,(H,22,23). The molecule has 0 bridgehead atoms. The summed E-state index contributed by atoms with van der Waals surface area (Å²) in [4.78, 5) is 9.03. The third-order valence-corrected chi connectivity index (χ3v) is 7.18. The molecule has 0 amide bonds. The van der Waals surface area contributed by atoms with E-state index in [1.165, 1.54) is 10.5 Å². The summed E-state index contributed by atoms with van der Waals surface area (Å²) in [6, 6.07) is 3.66. The summed E-state index contributed by atoms with van der Waals surface area (Å²) in [5.74, 6) is 1.10. The molecule has 8 heteroatoms. The van der Waals surface area contributed by atoms with E-state index in [9.17, 15) is 8.42 Å². The number of nitrogens with zero attached hydrogens (tertiary/aromatic N) is 4. The minimum atomic E-state index is -3.49. The monoisotopic (exact) mass is 421 g/mol. The summed E-state index contributed by atoms with van der Waals surface area (Å²) < 4.78 is 27.2. The highest BCUT2D eigenvalue weighted by atomic mass is 32.2. The van der Waals surface area contributed by atoms with Gasteiger partial charge in [-0.15, -0.1) is 13.2 Å². The molecule has 29 heavy (non-hydrogen) atoms. The van der Waals surface area contributed by atoms with E-state index in [1.54, 1.807) is 12.1 Å². The fourth-order valence-corrected chi connectivity index (χ4v) is 4.86. The fourth-order valence-electron chi connectivity index (χ4n) is 3.49. The molecule has 0 saturated carbocycles. The van der Waals surface area contributed by atoms with E-state index in [4.69, 9.17) is 0 Å². The molecule has 0 spiro atoms. The van der Waals surface area contributed by atoms with E-state index < -0.39 is 10.0 Å². The molecule has 1 fully saturated rings. The third kappa shape index (κ3) is 6.37. The second kappa shape index (κ2) is 10.9. The highest BCUT2D eigenvalue weighted by Gasteiger charge is 2.27. The van der Waals surface area contributed by atoms with Crippen molar-refractivity contribution in [3.8, 4) is 0 Å². The molecule has 1 saturated heterocycles. The van der Waals surface area contributed by atoms with Crippen LogP contribution >= 0.6 is 0 Å². The highest BCUT2D eigenvalue weighted by molar-refractivity contribution is 7.89. The number of sulfonamides is 1. The Morgan fingerprint density at radius 1 is 1.17 bits per heavy atom. The molecular formula is C21H35N5O2S. The van der Waals surface area contributed by atoms with Gasteiger partial charge < -0.3 is 10.2 Å². The Hall–Kier alpha value is -1.74. The quantitative estimate of drug-likeness (QED) is 0.552. The summed E-state index contributed by atoms with van der Waals surface area (Å²) in [5, 5.41) is 3.35. The van der Waals surface area contributed by atoms with Crippen molar-refractivity contribution in [1.82, 2.24) is 19.1 Å². The van der Waals surface area contributed by atoms with Crippen molar-refractivity contribution in [3.63, 3.8) is 0 Å². The van der Waals surface area contributed by atoms with E-state index in [0.717, 1.165) is 26.2 Å². The van der Waals surface area contributed by atoms with Crippen LogP contribution in [-0.2, 0) is 10.0 Å². The van der Waals surface area contributed by atoms with Gasteiger partial charge in [-0.25, -0.2) is 13.4 Å². The van der Waals surface area contributed by atoms with Crippen LogP contribution in [0.15, 0.2) is 48.5 Å². The Kier molecular flexibility index (Phi) is 8.82. The average molecular weight is 422 g/mol. The maximum absolute atomic E-state index is 12.8. The molecule has 2 rings (SSSR count). The molecule has 1 aliphatic rings. The Labute approximate surface area is 176 Å². The Balaban J connectivity index is 2.03. The van der Waals surface area contributed by atoms with Gasteiger partial charge in [0.25, 0.3) is 0 Å². The Morgan fingerprint density at radius 3 is 2.28 bits per heavy atom. The number of nitrogens with one attached hydrogen (secondary N) is 1. The van der Waals surface area contributed by atoms with E-state index in [0.29, 0.717) is 31.4 Å². The van der Waals surface area contributed by atoms with Crippen LogP contribution in [0.4, 0.5) is 5.82 Å². The van der Waals surface area contributed by atoms with E-state index >= 15 is 0 Å². The Morgan fingerprint density at radius 2 is 1.79 bits per heavy atom. The van der Waals surface area contributed by atoms with Gasteiger partial charge in [-0.2, -0.15) is 4.31 Å². The van der Waals surface area contributed by atoms with Gasteiger partial charge in [0.05, 0.1) is 0 Å².